The number of carbonyl (C=O) groups excluding carboxylic acids is 1. The molecule has 1 aromatic carbocycles. The molecule has 1 amide bonds. The Kier molecular flexibility index (Phi) is 5.47. The maximum atomic E-state index is 13.6. The normalized spacial score (nSPS) is 24.0. The zero-order chi connectivity index (χ0) is 16.3. The molecule has 1 saturated heterocycles. The van der Waals surface area contributed by atoms with E-state index in [-0.39, 0.29) is 23.8 Å². The van der Waals surface area contributed by atoms with Gasteiger partial charge in [-0.05, 0) is 32.9 Å². The first-order chi connectivity index (χ1) is 10.4. The van der Waals surface area contributed by atoms with Crippen LogP contribution in [0.2, 0.25) is 0 Å². The van der Waals surface area contributed by atoms with Gasteiger partial charge in [-0.2, -0.15) is 0 Å². The van der Waals surface area contributed by atoms with Crippen LogP contribution in [0.3, 0.4) is 0 Å². The molecule has 0 aromatic heterocycles. The van der Waals surface area contributed by atoms with Crippen molar-refractivity contribution in [2.24, 2.45) is 0 Å². The molecule has 1 aliphatic rings. The van der Waals surface area contributed by atoms with Crippen LogP contribution in [-0.2, 0) is 4.74 Å². The average molecular weight is 312 g/mol. The highest BCUT2D eigenvalue weighted by Crippen LogP contribution is 2.14. The fourth-order valence-corrected chi connectivity index (χ4v) is 2.72. The SMILES string of the molecule is CC1CN(C(C)CNC(=O)c2ccc(F)cc2F)CC(C)O1. The standard InChI is InChI=1S/C16H22F2N2O2/c1-10(20-8-11(2)22-12(3)9-20)7-19-16(21)14-5-4-13(17)6-15(14)18/h4-6,10-12H,7-9H2,1-3H3,(H,19,21). The molecule has 1 fully saturated rings. The van der Waals surface area contributed by atoms with E-state index in [1.165, 1.54) is 0 Å². The van der Waals surface area contributed by atoms with Gasteiger partial charge in [0.15, 0.2) is 0 Å². The highest BCUT2D eigenvalue weighted by atomic mass is 19.1. The lowest BCUT2D eigenvalue weighted by atomic mass is 10.1. The minimum Gasteiger partial charge on any atom is -0.373 e. The summed E-state index contributed by atoms with van der Waals surface area (Å²) in [5.74, 6) is -2.07. The lowest BCUT2D eigenvalue weighted by molar-refractivity contribution is -0.0778. The van der Waals surface area contributed by atoms with E-state index in [9.17, 15) is 13.6 Å². The third kappa shape index (κ3) is 4.24. The Hall–Kier alpha value is -1.53. The molecule has 3 unspecified atom stereocenters. The zero-order valence-corrected chi connectivity index (χ0v) is 13.1. The number of rotatable bonds is 4. The van der Waals surface area contributed by atoms with E-state index in [4.69, 9.17) is 4.74 Å². The monoisotopic (exact) mass is 312 g/mol. The first kappa shape index (κ1) is 16.8. The summed E-state index contributed by atoms with van der Waals surface area (Å²) in [4.78, 5) is 14.2. The fraction of sp³-hybridized carbons (Fsp3) is 0.562. The van der Waals surface area contributed by atoms with Crippen molar-refractivity contribution >= 4 is 5.91 Å². The number of carbonyl (C=O) groups is 1. The van der Waals surface area contributed by atoms with Gasteiger partial charge in [-0.3, -0.25) is 9.69 Å². The van der Waals surface area contributed by atoms with Crippen LogP contribution in [0.25, 0.3) is 0 Å². The molecule has 3 atom stereocenters. The van der Waals surface area contributed by atoms with Gasteiger partial charge in [0.25, 0.3) is 5.91 Å². The molecule has 0 saturated carbocycles. The van der Waals surface area contributed by atoms with Gasteiger partial charge >= 0.3 is 0 Å². The van der Waals surface area contributed by atoms with Gasteiger partial charge in [0.1, 0.15) is 11.6 Å². The number of benzene rings is 1. The Bertz CT molecular complexity index is 529. The number of morpholine rings is 1. The van der Waals surface area contributed by atoms with Crippen LogP contribution in [0.5, 0.6) is 0 Å². The molecule has 0 bridgehead atoms. The van der Waals surface area contributed by atoms with Crippen molar-refractivity contribution in [3.8, 4) is 0 Å². The highest BCUT2D eigenvalue weighted by molar-refractivity contribution is 5.94. The molecule has 122 valence electrons. The van der Waals surface area contributed by atoms with E-state index < -0.39 is 17.5 Å². The minimum absolute atomic E-state index is 0.112. The van der Waals surface area contributed by atoms with Crippen molar-refractivity contribution in [2.45, 2.75) is 39.0 Å². The molecule has 2 rings (SSSR count). The molecule has 0 aliphatic carbocycles. The topological polar surface area (TPSA) is 41.6 Å². The fourth-order valence-electron chi connectivity index (χ4n) is 2.72. The summed E-state index contributed by atoms with van der Waals surface area (Å²) in [5, 5.41) is 2.70. The zero-order valence-electron chi connectivity index (χ0n) is 13.1. The summed E-state index contributed by atoms with van der Waals surface area (Å²) in [5.41, 5.74) is -0.141. The first-order valence-corrected chi connectivity index (χ1v) is 7.49. The molecule has 1 N–H and O–H groups in total. The lowest BCUT2D eigenvalue weighted by Gasteiger charge is -2.39. The second-order valence-electron chi connectivity index (χ2n) is 5.89. The number of hydrogen-bond acceptors (Lipinski definition) is 3. The summed E-state index contributed by atoms with van der Waals surface area (Å²) in [7, 11) is 0. The van der Waals surface area contributed by atoms with Crippen molar-refractivity contribution in [3.05, 3.63) is 35.4 Å². The average Bonchev–Trinajstić information content (AvgIpc) is 2.43. The Labute approximate surface area is 129 Å². The second kappa shape index (κ2) is 7.15. The summed E-state index contributed by atoms with van der Waals surface area (Å²) in [6.45, 7) is 8.03. The van der Waals surface area contributed by atoms with E-state index >= 15 is 0 Å². The summed E-state index contributed by atoms with van der Waals surface area (Å²) in [6.07, 6.45) is 0.299. The Morgan fingerprint density at radius 2 is 2.00 bits per heavy atom. The van der Waals surface area contributed by atoms with E-state index in [2.05, 4.69) is 10.2 Å². The number of nitrogens with one attached hydrogen (secondary N) is 1. The van der Waals surface area contributed by atoms with Crippen molar-refractivity contribution < 1.29 is 18.3 Å². The molecule has 0 spiro atoms. The van der Waals surface area contributed by atoms with Gasteiger partial charge in [0.2, 0.25) is 0 Å². The smallest absolute Gasteiger partial charge is 0.254 e. The summed E-state index contributed by atoms with van der Waals surface area (Å²) >= 11 is 0. The van der Waals surface area contributed by atoms with Gasteiger partial charge in [-0.25, -0.2) is 8.78 Å². The van der Waals surface area contributed by atoms with E-state index in [1.807, 2.05) is 20.8 Å². The van der Waals surface area contributed by atoms with Crippen LogP contribution in [-0.4, -0.2) is 48.7 Å². The largest absolute Gasteiger partial charge is 0.373 e. The van der Waals surface area contributed by atoms with E-state index in [0.717, 1.165) is 25.2 Å². The van der Waals surface area contributed by atoms with Crippen molar-refractivity contribution in [2.75, 3.05) is 19.6 Å². The predicted molar refractivity (Wildman–Crippen MR) is 79.7 cm³/mol. The van der Waals surface area contributed by atoms with Crippen LogP contribution in [0.15, 0.2) is 18.2 Å². The lowest BCUT2D eigenvalue weighted by Crippen LogP contribution is -2.52. The number of ether oxygens (including phenoxy) is 1. The van der Waals surface area contributed by atoms with Crippen LogP contribution < -0.4 is 5.32 Å². The summed E-state index contributed by atoms with van der Waals surface area (Å²) in [6, 6.07) is 3.06. The molecule has 1 heterocycles. The molecule has 1 aliphatic heterocycles. The number of halogens is 2. The van der Waals surface area contributed by atoms with Gasteiger partial charge in [0.05, 0.1) is 17.8 Å². The van der Waals surface area contributed by atoms with Crippen molar-refractivity contribution in [3.63, 3.8) is 0 Å². The molecular weight excluding hydrogens is 290 g/mol. The van der Waals surface area contributed by atoms with Gasteiger partial charge in [-0.15, -0.1) is 0 Å². The van der Waals surface area contributed by atoms with Crippen LogP contribution >= 0.6 is 0 Å². The highest BCUT2D eigenvalue weighted by Gasteiger charge is 2.26. The maximum absolute atomic E-state index is 13.6. The Morgan fingerprint density at radius 1 is 1.36 bits per heavy atom. The van der Waals surface area contributed by atoms with Crippen LogP contribution in [0.1, 0.15) is 31.1 Å². The van der Waals surface area contributed by atoms with Gasteiger partial charge in [-0.1, -0.05) is 0 Å². The third-order valence-corrected chi connectivity index (χ3v) is 3.80. The number of nitrogens with zero attached hydrogens (tertiary/aromatic N) is 1. The molecule has 1 aromatic rings. The van der Waals surface area contributed by atoms with Crippen molar-refractivity contribution in [1.29, 1.82) is 0 Å². The summed E-state index contributed by atoms with van der Waals surface area (Å²) < 4.78 is 32.1. The van der Waals surface area contributed by atoms with Crippen LogP contribution in [0, 0.1) is 11.6 Å². The quantitative estimate of drug-likeness (QED) is 0.927. The Morgan fingerprint density at radius 3 is 2.59 bits per heavy atom. The maximum Gasteiger partial charge on any atom is 0.254 e. The van der Waals surface area contributed by atoms with E-state index in [0.29, 0.717) is 12.6 Å². The molecule has 22 heavy (non-hydrogen) atoms. The first-order valence-electron chi connectivity index (χ1n) is 7.49. The number of hydrogen-bond donors (Lipinski definition) is 1. The second-order valence-corrected chi connectivity index (χ2v) is 5.89. The minimum atomic E-state index is -0.848. The molecular formula is C16H22F2N2O2. The molecule has 6 heteroatoms. The van der Waals surface area contributed by atoms with Crippen molar-refractivity contribution in [1.82, 2.24) is 10.2 Å². The van der Waals surface area contributed by atoms with Crippen LogP contribution in [0.4, 0.5) is 8.78 Å². The van der Waals surface area contributed by atoms with E-state index in [1.54, 1.807) is 0 Å². The van der Waals surface area contributed by atoms with Gasteiger partial charge in [0, 0.05) is 31.7 Å². The predicted octanol–water partition coefficient (Wildman–Crippen LogP) is 2.19. The molecule has 4 nitrogen and oxygen atoms in total. The molecule has 0 radical (unpaired) electrons. The van der Waals surface area contributed by atoms with Gasteiger partial charge < -0.3 is 10.1 Å². The third-order valence-electron chi connectivity index (χ3n) is 3.80. The Balaban J connectivity index is 1.90. The number of amides is 1.